The van der Waals surface area contributed by atoms with Gasteiger partial charge in [-0.1, -0.05) is 17.7 Å². The number of carboxylic acid groups (broad SMARTS) is 1. The molecular formula is C11H13ClN2O4. The van der Waals surface area contributed by atoms with Crippen molar-refractivity contribution in [1.29, 1.82) is 0 Å². The molecule has 2 N–H and O–H groups in total. The average molecular weight is 273 g/mol. The monoisotopic (exact) mass is 272 g/mol. The Morgan fingerprint density at radius 1 is 1.50 bits per heavy atom. The number of benzene rings is 1. The average Bonchev–Trinajstić information content (AvgIpc) is 2.30. The predicted molar refractivity (Wildman–Crippen MR) is 66.7 cm³/mol. The summed E-state index contributed by atoms with van der Waals surface area (Å²) in [6.45, 7) is 0.986. The number of nitro groups is 1. The highest BCUT2D eigenvalue weighted by molar-refractivity contribution is 6.32. The van der Waals surface area contributed by atoms with Crippen molar-refractivity contribution >= 4 is 23.3 Å². The van der Waals surface area contributed by atoms with Crippen LogP contribution >= 0.6 is 11.6 Å². The van der Waals surface area contributed by atoms with Gasteiger partial charge in [0.1, 0.15) is 5.02 Å². The van der Waals surface area contributed by atoms with Crippen LogP contribution in [0.2, 0.25) is 5.02 Å². The van der Waals surface area contributed by atoms with Crippen LogP contribution in [0.5, 0.6) is 0 Å². The molecule has 0 aliphatic carbocycles. The number of carbonyl (C=O) groups is 1. The molecular weight excluding hydrogens is 260 g/mol. The van der Waals surface area contributed by atoms with Crippen molar-refractivity contribution in [3.05, 3.63) is 38.9 Å². The highest BCUT2D eigenvalue weighted by atomic mass is 35.5. The van der Waals surface area contributed by atoms with E-state index in [2.05, 4.69) is 5.32 Å². The van der Waals surface area contributed by atoms with Crippen LogP contribution in [0.4, 0.5) is 5.69 Å². The molecule has 0 aromatic heterocycles. The number of carboxylic acids is 1. The molecule has 0 amide bonds. The quantitative estimate of drug-likeness (QED) is 0.451. The molecule has 0 aliphatic rings. The first-order valence-corrected chi connectivity index (χ1v) is 5.74. The van der Waals surface area contributed by atoms with Crippen LogP contribution in [-0.4, -0.2) is 22.5 Å². The van der Waals surface area contributed by atoms with Crippen molar-refractivity contribution in [2.45, 2.75) is 19.4 Å². The van der Waals surface area contributed by atoms with Crippen molar-refractivity contribution in [2.24, 2.45) is 0 Å². The zero-order valence-corrected chi connectivity index (χ0v) is 10.3. The summed E-state index contributed by atoms with van der Waals surface area (Å²) in [5.74, 6) is -0.834. The second-order valence-corrected chi connectivity index (χ2v) is 4.12. The molecule has 0 bridgehead atoms. The SMILES string of the molecule is O=C(O)CCCNCc1ccc(Cl)c([N+](=O)[O-])c1. The van der Waals surface area contributed by atoms with Gasteiger partial charge in [0.2, 0.25) is 0 Å². The molecule has 6 nitrogen and oxygen atoms in total. The third kappa shape index (κ3) is 4.68. The Morgan fingerprint density at radius 3 is 2.83 bits per heavy atom. The summed E-state index contributed by atoms with van der Waals surface area (Å²) in [4.78, 5) is 20.4. The lowest BCUT2D eigenvalue weighted by Gasteiger charge is -2.04. The fourth-order valence-corrected chi connectivity index (χ4v) is 1.59. The van der Waals surface area contributed by atoms with E-state index in [1.54, 1.807) is 6.07 Å². The van der Waals surface area contributed by atoms with Gasteiger partial charge in [0.25, 0.3) is 5.69 Å². The fraction of sp³-hybridized carbons (Fsp3) is 0.364. The minimum Gasteiger partial charge on any atom is -0.481 e. The maximum Gasteiger partial charge on any atom is 0.303 e. The van der Waals surface area contributed by atoms with Crippen LogP contribution in [0.15, 0.2) is 18.2 Å². The summed E-state index contributed by atoms with van der Waals surface area (Å²) in [6, 6.07) is 4.58. The third-order valence-electron chi connectivity index (χ3n) is 2.28. The van der Waals surface area contributed by atoms with Gasteiger partial charge in [-0.3, -0.25) is 14.9 Å². The lowest BCUT2D eigenvalue weighted by atomic mass is 10.2. The molecule has 0 saturated carbocycles. The van der Waals surface area contributed by atoms with E-state index in [9.17, 15) is 14.9 Å². The lowest BCUT2D eigenvalue weighted by Crippen LogP contribution is -2.15. The van der Waals surface area contributed by atoms with Gasteiger partial charge in [0.05, 0.1) is 4.92 Å². The van der Waals surface area contributed by atoms with Gasteiger partial charge in [-0.2, -0.15) is 0 Å². The van der Waals surface area contributed by atoms with Crippen molar-refractivity contribution < 1.29 is 14.8 Å². The Hall–Kier alpha value is -1.66. The van der Waals surface area contributed by atoms with Crippen LogP contribution in [0.3, 0.4) is 0 Å². The van der Waals surface area contributed by atoms with E-state index in [1.165, 1.54) is 12.1 Å². The number of nitro benzene ring substituents is 1. The third-order valence-corrected chi connectivity index (χ3v) is 2.60. The number of nitrogens with one attached hydrogen (secondary N) is 1. The highest BCUT2D eigenvalue weighted by Gasteiger charge is 2.12. The minimum atomic E-state index is -0.834. The number of aliphatic carboxylic acids is 1. The van der Waals surface area contributed by atoms with E-state index in [4.69, 9.17) is 16.7 Å². The molecule has 0 fully saturated rings. The Labute approximate surface area is 109 Å². The molecule has 1 rings (SSSR count). The number of hydrogen-bond acceptors (Lipinski definition) is 4. The van der Waals surface area contributed by atoms with Gasteiger partial charge >= 0.3 is 5.97 Å². The Kier molecular flexibility index (Phi) is 5.54. The van der Waals surface area contributed by atoms with Gasteiger partial charge < -0.3 is 10.4 Å². The largest absolute Gasteiger partial charge is 0.481 e. The van der Waals surface area contributed by atoms with Gasteiger partial charge in [-0.15, -0.1) is 0 Å². The second-order valence-electron chi connectivity index (χ2n) is 3.72. The Bertz CT molecular complexity index is 451. The summed E-state index contributed by atoms with van der Waals surface area (Å²) < 4.78 is 0. The molecule has 0 saturated heterocycles. The van der Waals surface area contributed by atoms with E-state index < -0.39 is 10.9 Å². The highest BCUT2D eigenvalue weighted by Crippen LogP contribution is 2.24. The van der Waals surface area contributed by atoms with Gasteiger partial charge in [0.15, 0.2) is 0 Å². The van der Waals surface area contributed by atoms with Gasteiger partial charge in [0, 0.05) is 19.0 Å². The van der Waals surface area contributed by atoms with Crippen LogP contribution < -0.4 is 5.32 Å². The van der Waals surface area contributed by atoms with Crippen molar-refractivity contribution in [2.75, 3.05) is 6.54 Å². The molecule has 18 heavy (non-hydrogen) atoms. The number of halogens is 1. The smallest absolute Gasteiger partial charge is 0.303 e. The first kappa shape index (κ1) is 14.4. The van der Waals surface area contributed by atoms with E-state index in [0.717, 1.165) is 5.56 Å². The molecule has 0 aliphatic heterocycles. The van der Waals surface area contributed by atoms with E-state index >= 15 is 0 Å². The number of nitrogens with zero attached hydrogens (tertiary/aromatic N) is 1. The van der Waals surface area contributed by atoms with Crippen LogP contribution in [-0.2, 0) is 11.3 Å². The Balaban J connectivity index is 2.45. The summed E-state index contributed by atoms with van der Waals surface area (Å²) in [6.07, 6.45) is 0.624. The maximum absolute atomic E-state index is 10.7. The zero-order valence-electron chi connectivity index (χ0n) is 9.56. The van der Waals surface area contributed by atoms with Crippen molar-refractivity contribution in [1.82, 2.24) is 5.32 Å². The van der Waals surface area contributed by atoms with Gasteiger partial charge in [-0.25, -0.2) is 0 Å². The maximum atomic E-state index is 10.7. The summed E-state index contributed by atoms with van der Waals surface area (Å²) in [5.41, 5.74) is 0.614. The number of rotatable bonds is 7. The molecule has 7 heteroatoms. The van der Waals surface area contributed by atoms with Crippen LogP contribution in [0, 0.1) is 10.1 Å². The van der Waals surface area contributed by atoms with Crippen LogP contribution in [0.25, 0.3) is 0 Å². The molecule has 1 aromatic carbocycles. The topological polar surface area (TPSA) is 92.5 Å². The van der Waals surface area contributed by atoms with Crippen LogP contribution in [0.1, 0.15) is 18.4 Å². The standard InChI is InChI=1S/C11H13ClN2O4/c12-9-4-3-8(6-10(9)14(17)18)7-13-5-1-2-11(15)16/h3-4,6,13H,1-2,5,7H2,(H,15,16). The summed E-state index contributed by atoms with van der Waals surface area (Å²) in [5, 5.41) is 22.2. The molecule has 0 atom stereocenters. The second kappa shape index (κ2) is 6.93. The fourth-order valence-electron chi connectivity index (χ4n) is 1.41. The lowest BCUT2D eigenvalue weighted by molar-refractivity contribution is -0.384. The van der Waals surface area contributed by atoms with E-state index in [0.29, 0.717) is 19.5 Å². The molecule has 0 radical (unpaired) electrons. The molecule has 98 valence electrons. The number of hydrogen-bond donors (Lipinski definition) is 2. The van der Waals surface area contributed by atoms with E-state index in [-0.39, 0.29) is 17.1 Å². The first-order chi connectivity index (χ1) is 8.50. The molecule has 1 aromatic rings. The molecule has 0 spiro atoms. The normalized spacial score (nSPS) is 10.3. The molecule has 0 heterocycles. The predicted octanol–water partition coefficient (Wildman–Crippen LogP) is 2.20. The first-order valence-electron chi connectivity index (χ1n) is 5.36. The summed E-state index contributed by atoms with van der Waals surface area (Å²) in [7, 11) is 0. The zero-order chi connectivity index (χ0) is 13.5. The minimum absolute atomic E-state index is 0.105. The van der Waals surface area contributed by atoms with Crippen molar-refractivity contribution in [3.63, 3.8) is 0 Å². The van der Waals surface area contributed by atoms with E-state index in [1.807, 2.05) is 0 Å². The van der Waals surface area contributed by atoms with Gasteiger partial charge in [-0.05, 0) is 24.6 Å². The van der Waals surface area contributed by atoms with Crippen molar-refractivity contribution in [3.8, 4) is 0 Å². The summed E-state index contributed by atoms with van der Waals surface area (Å²) >= 11 is 5.68. The molecule has 0 unspecified atom stereocenters. The Morgan fingerprint density at radius 2 is 2.22 bits per heavy atom.